The minimum Gasteiger partial charge on any atom is -0.478 e. The fourth-order valence-electron chi connectivity index (χ4n) is 1.58. The minimum atomic E-state index is -0.800. The number of carbonyl (C=O) groups excluding carboxylic acids is 1. The van der Waals surface area contributed by atoms with Crippen molar-refractivity contribution < 1.29 is 13.9 Å². The molecule has 0 saturated heterocycles. The lowest BCUT2D eigenvalue weighted by molar-refractivity contribution is -0.122. The van der Waals surface area contributed by atoms with Gasteiger partial charge in [0.1, 0.15) is 0 Å². The van der Waals surface area contributed by atoms with Crippen molar-refractivity contribution in [1.29, 1.82) is 0 Å². The number of benzene rings is 2. The quantitative estimate of drug-likeness (QED) is 0.915. The highest BCUT2D eigenvalue weighted by Gasteiger charge is 2.16. The van der Waals surface area contributed by atoms with E-state index >= 15 is 0 Å². The maximum atomic E-state index is 13.6. The van der Waals surface area contributed by atoms with E-state index in [2.05, 4.69) is 21.2 Å². The Bertz CT molecular complexity index is 604. The number of hydrogen-bond donors (Lipinski definition) is 1. The summed E-state index contributed by atoms with van der Waals surface area (Å²) in [6.07, 6.45) is -0.800. The van der Waals surface area contributed by atoms with Gasteiger partial charge in [-0.15, -0.1) is 0 Å². The molecule has 2 aromatic carbocycles. The first-order chi connectivity index (χ1) is 9.56. The molecule has 20 heavy (non-hydrogen) atoms. The average Bonchev–Trinajstić information content (AvgIpc) is 2.43. The van der Waals surface area contributed by atoms with Crippen molar-refractivity contribution in [3.05, 3.63) is 58.8 Å². The number of hydrogen-bond acceptors (Lipinski definition) is 2. The van der Waals surface area contributed by atoms with Crippen LogP contribution in [0.2, 0.25) is 0 Å². The first kappa shape index (κ1) is 14.5. The fraction of sp³-hybridized carbons (Fsp3) is 0.133. The van der Waals surface area contributed by atoms with Crippen LogP contribution in [0.1, 0.15) is 6.92 Å². The Morgan fingerprint density at radius 2 is 1.95 bits per heavy atom. The molecule has 0 aliphatic carbocycles. The third-order valence-corrected chi connectivity index (χ3v) is 3.10. The first-order valence-corrected chi connectivity index (χ1v) is 6.83. The molecule has 1 N–H and O–H groups in total. The molecule has 0 heterocycles. The van der Waals surface area contributed by atoms with Gasteiger partial charge in [-0.1, -0.05) is 34.1 Å². The number of amides is 1. The molecular weight excluding hydrogens is 325 g/mol. The number of rotatable bonds is 4. The Hall–Kier alpha value is -1.88. The van der Waals surface area contributed by atoms with Crippen molar-refractivity contribution in [2.45, 2.75) is 13.0 Å². The van der Waals surface area contributed by atoms with E-state index < -0.39 is 11.9 Å². The highest BCUT2D eigenvalue weighted by Crippen LogP contribution is 2.22. The van der Waals surface area contributed by atoms with Gasteiger partial charge in [0.05, 0.1) is 0 Å². The summed E-state index contributed by atoms with van der Waals surface area (Å²) in [5, 5.41) is 2.70. The number of anilines is 1. The average molecular weight is 338 g/mol. The number of nitrogens with one attached hydrogen (secondary N) is 1. The highest BCUT2D eigenvalue weighted by atomic mass is 79.9. The van der Waals surface area contributed by atoms with Gasteiger partial charge >= 0.3 is 0 Å². The van der Waals surface area contributed by atoms with E-state index in [9.17, 15) is 9.18 Å². The molecule has 0 radical (unpaired) electrons. The predicted molar refractivity (Wildman–Crippen MR) is 79.3 cm³/mol. The molecule has 2 rings (SSSR count). The van der Waals surface area contributed by atoms with E-state index in [-0.39, 0.29) is 11.7 Å². The zero-order valence-corrected chi connectivity index (χ0v) is 12.4. The van der Waals surface area contributed by atoms with Crippen LogP contribution in [0.4, 0.5) is 10.1 Å². The van der Waals surface area contributed by atoms with Crippen LogP contribution in [-0.4, -0.2) is 12.0 Å². The molecule has 0 saturated carbocycles. The summed E-state index contributed by atoms with van der Waals surface area (Å²) in [5.74, 6) is -0.804. The van der Waals surface area contributed by atoms with Crippen molar-refractivity contribution in [3.8, 4) is 5.75 Å². The van der Waals surface area contributed by atoms with Gasteiger partial charge in [-0.05, 0) is 37.3 Å². The van der Waals surface area contributed by atoms with Crippen molar-refractivity contribution in [3.63, 3.8) is 0 Å². The molecule has 0 aliphatic rings. The number of ether oxygens (including phenoxy) is 1. The second-order valence-electron chi connectivity index (χ2n) is 4.19. The predicted octanol–water partition coefficient (Wildman–Crippen LogP) is 3.99. The minimum absolute atomic E-state index is 0.0453. The van der Waals surface area contributed by atoms with E-state index in [1.165, 1.54) is 12.1 Å². The summed E-state index contributed by atoms with van der Waals surface area (Å²) in [7, 11) is 0. The lowest BCUT2D eigenvalue weighted by Crippen LogP contribution is -2.30. The summed E-state index contributed by atoms with van der Waals surface area (Å²) in [5.41, 5.74) is 0.671. The smallest absolute Gasteiger partial charge is 0.265 e. The Kier molecular flexibility index (Phi) is 4.74. The molecule has 0 fully saturated rings. The molecule has 2 aromatic rings. The zero-order valence-electron chi connectivity index (χ0n) is 10.8. The standard InChI is InChI=1S/C15H13BrFNO2/c1-10(15(19)18-12-5-3-2-4-6-12)20-14-8-7-11(16)9-13(14)17/h2-10H,1H3,(H,18,19). The summed E-state index contributed by atoms with van der Waals surface area (Å²) in [6, 6.07) is 13.4. The Balaban J connectivity index is 2.00. The summed E-state index contributed by atoms with van der Waals surface area (Å²) >= 11 is 3.16. The molecule has 1 unspecified atom stereocenters. The van der Waals surface area contributed by atoms with Gasteiger partial charge in [0.25, 0.3) is 5.91 Å². The summed E-state index contributed by atoms with van der Waals surface area (Å²) in [6.45, 7) is 1.57. The van der Waals surface area contributed by atoms with E-state index in [4.69, 9.17) is 4.74 Å². The van der Waals surface area contributed by atoms with Crippen LogP contribution >= 0.6 is 15.9 Å². The van der Waals surface area contributed by atoms with E-state index in [1.54, 1.807) is 25.1 Å². The topological polar surface area (TPSA) is 38.3 Å². The SMILES string of the molecule is CC(Oc1ccc(Br)cc1F)C(=O)Nc1ccccc1. The first-order valence-electron chi connectivity index (χ1n) is 6.04. The van der Waals surface area contributed by atoms with Gasteiger partial charge in [-0.3, -0.25) is 4.79 Å². The lowest BCUT2D eigenvalue weighted by Gasteiger charge is -2.15. The van der Waals surface area contributed by atoms with Gasteiger partial charge in [-0.2, -0.15) is 0 Å². The van der Waals surface area contributed by atoms with Gasteiger partial charge in [0.2, 0.25) is 0 Å². The third kappa shape index (κ3) is 3.81. The Labute approximate surface area is 124 Å². The van der Waals surface area contributed by atoms with Crippen molar-refractivity contribution in [2.75, 3.05) is 5.32 Å². The molecule has 0 bridgehead atoms. The number of para-hydroxylation sites is 1. The number of carbonyl (C=O) groups is 1. The molecule has 0 aromatic heterocycles. The molecule has 3 nitrogen and oxygen atoms in total. The Morgan fingerprint density at radius 1 is 1.25 bits per heavy atom. The van der Waals surface area contributed by atoms with Gasteiger partial charge < -0.3 is 10.1 Å². The molecule has 1 atom stereocenters. The van der Waals surface area contributed by atoms with Crippen LogP contribution in [0.25, 0.3) is 0 Å². The molecule has 0 aliphatic heterocycles. The van der Waals surface area contributed by atoms with E-state index in [0.29, 0.717) is 10.2 Å². The van der Waals surface area contributed by atoms with Gasteiger partial charge in [-0.25, -0.2) is 4.39 Å². The van der Waals surface area contributed by atoms with Gasteiger partial charge in [0, 0.05) is 10.2 Å². The Morgan fingerprint density at radius 3 is 2.60 bits per heavy atom. The normalized spacial score (nSPS) is 11.8. The molecule has 104 valence electrons. The fourth-order valence-corrected chi connectivity index (χ4v) is 1.91. The highest BCUT2D eigenvalue weighted by molar-refractivity contribution is 9.10. The van der Waals surface area contributed by atoms with Crippen molar-refractivity contribution in [1.82, 2.24) is 0 Å². The largest absolute Gasteiger partial charge is 0.478 e. The zero-order chi connectivity index (χ0) is 14.5. The summed E-state index contributed by atoms with van der Waals surface area (Å²) < 4.78 is 19.6. The number of halogens is 2. The molecule has 0 spiro atoms. The lowest BCUT2D eigenvalue weighted by atomic mass is 10.3. The van der Waals surface area contributed by atoms with Crippen LogP contribution in [0.15, 0.2) is 53.0 Å². The maximum absolute atomic E-state index is 13.6. The molecule has 5 heteroatoms. The summed E-state index contributed by atoms with van der Waals surface area (Å²) in [4.78, 5) is 11.9. The van der Waals surface area contributed by atoms with Crippen molar-refractivity contribution in [2.24, 2.45) is 0 Å². The monoisotopic (exact) mass is 337 g/mol. The van der Waals surface area contributed by atoms with Crippen LogP contribution in [0, 0.1) is 5.82 Å². The second kappa shape index (κ2) is 6.52. The van der Waals surface area contributed by atoms with E-state index in [0.717, 1.165) is 0 Å². The van der Waals surface area contributed by atoms with Crippen LogP contribution in [0.3, 0.4) is 0 Å². The van der Waals surface area contributed by atoms with Crippen LogP contribution < -0.4 is 10.1 Å². The van der Waals surface area contributed by atoms with Crippen LogP contribution in [-0.2, 0) is 4.79 Å². The van der Waals surface area contributed by atoms with E-state index in [1.807, 2.05) is 18.2 Å². The maximum Gasteiger partial charge on any atom is 0.265 e. The molecule has 1 amide bonds. The molecular formula is C15H13BrFNO2. The third-order valence-electron chi connectivity index (χ3n) is 2.61. The van der Waals surface area contributed by atoms with Crippen LogP contribution in [0.5, 0.6) is 5.75 Å². The second-order valence-corrected chi connectivity index (χ2v) is 5.11. The van der Waals surface area contributed by atoms with Crippen molar-refractivity contribution >= 4 is 27.5 Å². The van der Waals surface area contributed by atoms with Gasteiger partial charge in [0.15, 0.2) is 17.7 Å².